The highest BCUT2D eigenvalue weighted by atomic mass is 32.1. The van der Waals surface area contributed by atoms with Crippen LogP contribution in [0.5, 0.6) is 5.88 Å². The largest absolute Gasteiger partial charge is 0.477 e. The van der Waals surface area contributed by atoms with Crippen molar-refractivity contribution in [3.05, 3.63) is 23.4 Å². The van der Waals surface area contributed by atoms with Gasteiger partial charge in [-0.25, -0.2) is 4.98 Å². The van der Waals surface area contributed by atoms with Gasteiger partial charge in [0, 0.05) is 12.1 Å². The van der Waals surface area contributed by atoms with Gasteiger partial charge in [-0.3, -0.25) is 0 Å². The average Bonchev–Trinajstić information content (AvgIpc) is 2.22. The van der Waals surface area contributed by atoms with Crippen LogP contribution in [0.3, 0.4) is 0 Å². The molecule has 2 N–H and O–H groups in total. The van der Waals surface area contributed by atoms with E-state index in [4.69, 9.17) is 22.7 Å². The van der Waals surface area contributed by atoms with Gasteiger partial charge < -0.3 is 10.5 Å². The molecule has 0 saturated heterocycles. The predicted molar refractivity (Wildman–Crippen MR) is 65.6 cm³/mol. The molecule has 0 atom stereocenters. The number of halogens is 3. The highest BCUT2D eigenvalue weighted by Gasteiger charge is 2.26. The molecule has 0 radical (unpaired) electrons. The third kappa shape index (κ3) is 4.87. The summed E-state index contributed by atoms with van der Waals surface area (Å²) in [6, 6.07) is 3.35. The normalized spacial score (nSPS) is 11.3. The first-order valence-corrected chi connectivity index (χ1v) is 5.67. The Bertz CT molecular complexity index is 435. The van der Waals surface area contributed by atoms with Crippen LogP contribution in [0.2, 0.25) is 0 Å². The molecule has 0 bridgehead atoms. The minimum absolute atomic E-state index is 0.0778. The second-order valence-corrected chi connectivity index (χ2v) is 4.18. The fourth-order valence-electron chi connectivity index (χ4n) is 1.27. The van der Waals surface area contributed by atoms with Crippen LogP contribution in [-0.2, 0) is 0 Å². The number of alkyl halides is 3. The number of aryl methyl sites for hydroxylation is 1. The van der Waals surface area contributed by atoms with Crippen LogP contribution in [0, 0.1) is 6.92 Å². The third-order valence-corrected chi connectivity index (χ3v) is 2.33. The van der Waals surface area contributed by atoms with Crippen molar-refractivity contribution in [1.29, 1.82) is 0 Å². The molecule has 3 nitrogen and oxygen atoms in total. The molecule has 1 aromatic heterocycles. The second-order valence-electron chi connectivity index (χ2n) is 3.74. The fourth-order valence-corrected chi connectivity index (χ4v) is 1.43. The minimum atomic E-state index is -4.17. The summed E-state index contributed by atoms with van der Waals surface area (Å²) in [6.07, 6.45) is -5.19. The van der Waals surface area contributed by atoms with Gasteiger partial charge in [0.05, 0.1) is 12.2 Å². The highest BCUT2D eigenvalue weighted by Crippen LogP contribution is 2.22. The Morgan fingerprint density at radius 3 is 2.67 bits per heavy atom. The van der Waals surface area contributed by atoms with E-state index in [2.05, 4.69) is 4.98 Å². The third-order valence-electron chi connectivity index (χ3n) is 2.11. The van der Waals surface area contributed by atoms with Crippen molar-refractivity contribution in [2.24, 2.45) is 5.73 Å². The van der Waals surface area contributed by atoms with Gasteiger partial charge in [0.25, 0.3) is 0 Å². The van der Waals surface area contributed by atoms with Gasteiger partial charge in [-0.1, -0.05) is 12.2 Å². The summed E-state index contributed by atoms with van der Waals surface area (Å²) in [5.41, 5.74) is 6.58. The first-order valence-electron chi connectivity index (χ1n) is 5.26. The van der Waals surface area contributed by atoms with Crippen molar-refractivity contribution in [3.8, 4) is 5.88 Å². The SMILES string of the molecule is Cc1ccc(C(N)=S)c(OCCCC(F)(F)F)n1. The number of rotatable bonds is 5. The van der Waals surface area contributed by atoms with Crippen LogP contribution in [-0.4, -0.2) is 22.8 Å². The number of nitrogens with two attached hydrogens (primary N) is 1. The molecule has 100 valence electrons. The molecule has 0 aliphatic rings. The molecule has 7 heteroatoms. The Kier molecular flexibility index (Phi) is 4.89. The summed E-state index contributed by atoms with van der Waals surface area (Å²) < 4.78 is 41.0. The van der Waals surface area contributed by atoms with E-state index in [1.807, 2.05) is 0 Å². The van der Waals surface area contributed by atoms with Gasteiger partial charge in [-0.05, 0) is 25.5 Å². The zero-order valence-electron chi connectivity index (χ0n) is 9.75. The number of pyridine rings is 1. The number of aromatic nitrogens is 1. The van der Waals surface area contributed by atoms with Gasteiger partial charge in [0.15, 0.2) is 0 Å². The van der Waals surface area contributed by atoms with E-state index in [0.717, 1.165) is 0 Å². The summed E-state index contributed by atoms with van der Waals surface area (Å²) in [5.74, 6) is 0.185. The number of thiocarbonyl (C=S) groups is 1. The van der Waals surface area contributed by atoms with Crippen LogP contribution in [0.15, 0.2) is 12.1 Å². The molecule has 0 spiro atoms. The molecular formula is C11H13F3N2OS. The van der Waals surface area contributed by atoms with Gasteiger partial charge in [0.1, 0.15) is 4.99 Å². The summed E-state index contributed by atoms with van der Waals surface area (Å²) in [7, 11) is 0. The lowest BCUT2D eigenvalue weighted by Gasteiger charge is -2.11. The molecule has 0 fully saturated rings. The zero-order valence-corrected chi connectivity index (χ0v) is 10.6. The van der Waals surface area contributed by atoms with Crippen molar-refractivity contribution in [3.63, 3.8) is 0 Å². The molecule has 0 aliphatic carbocycles. The standard InChI is InChI=1S/C11H13F3N2OS/c1-7-3-4-8(9(15)18)10(16-7)17-6-2-5-11(12,13)14/h3-4H,2,5-6H2,1H3,(H2,15,18). The van der Waals surface area contributed by atoms with Crippen LogP contribution in [0.25, 0.3) is 0 Å². The quantitative estimate of drug-likeness (QED) is 0.664. The van der Waals surface area contributed by atoms with Crippen molar-refractivity contribution in [1.82, 2.24) is 4.98 Å². The van der Waals surface area contributed by atoms with E-state index in [1.165, 1.54) is 0 Å². The smallest absolute Gasteiger partial charge is 0.389 e. The maximum absolute atomic E-state index is 11.9. The zero-order chi connectivity index (χ0) is 13.8. The van der Waals surface area contributed by atoms with E-state index in [0.29, 0.717) is 11.3 Å². The number of hydrogen-bond acceptors (Lipinski definition) is 3. The summed E-state index contributed by atoms with van der Waals surface area (Å²) in [5, 5.41) is 0. The number of ether oxygens (including phenoxy) is 1. The maximum atomic E-state index is 11.9. The van der Waals surface area contributed by atoms with Crippen LogP contribution >= 0.6 is 12.2 Å². The molecule has 0 aromatic carbocycles. The van der Waals surface area contributed by atoms with Crippen LogP contribution in [0.1, 0.15) is 24.1 Å². The minimum Gasteiger partial charge on any atom is -0.477 e. The van der Waals surface area contributed by atoms with E-state index in [-0.39, 0.29) is 23.9 Å². The molecule has 1 rings (SSSR count). The van der Waals surface area contributed by atoms with Gasteiger partial charge in [-0.15, -0.1) is 0 Å². The molecule has 1 aromatic rings. The van der Waals surface area contributed by atoms with E-state index >= 15 is 0 Å². The van der Waals surface area contributed by atoms with Crippen molar-refractivity contribution < 1.29 is 17.9 Å². The monoisotopic (exact) mass is 278 g/mol. The van der Waals surface area contributed by atoms with Crippen molar-refractivity contribution in [2.75, 3.05) is 6.61 Å². The Hall–Kier alpha value is -1.37. The summed E-state index contributed by atoms with van der Waals surface area (Å²) in [4.78, 5) is 4.16. The van der Waals surface area contributed by atoms with Crippen molar-refractivity contribution in [2.45, 2.75) is 25.9 Å². The highest BCUT2D eigenvalue weighted by molar-refractivity contribution is 7.80. The van der Waals surface area contributed by atoms with E-state index in [9.17, 15) is 13.2 Å². The predicted octanol–water partition coefficient (Wildman–Crippen LogP) is 2.75. The molecule has 0 saturated carbocycles. The molecular weight excluding hydrogens is 265 g/mol. The van der Waals surface area contributed by atoms with Gasteiger partial charge >= 0.3 is 6.18 Å². The van der Waals surface area contributed by atoms with Crippen molar-refractivity contribution >= 4 is 17.2 Å². The summed E-state index contributed by atoms with van der Waals surface area (Å²) in [6.45, 7) is 1.66. The lowest BCUT2D eigenvalue weighted by atomic mass is 10.2. The molecule has 1 heterocycles. The summed E-state index contributed by atoms with van der Waals surface area (Å²) >= 11 is 4.81. The number of hydrogen-bond donors (Lipinski definition) is 1. The van der Waals surface area contributed by atoms with Gasteiger partial charge in [0.2, 0.25) is 5.88 Å². The fraction of sp³-hybridized carbons (Fsp3) is 0.455. The number of nitrogens with zero attached hydrogens (tertiary/aromatic N) is 1. The molecule has 18 heavy (non-hydrogen) atoms. The topological polar surface area (TPSA) is 48.1 Å². The first kappa shape index (κ1) is 14.7. The van der Waals surface area contributed by atoms with E-state index in [1.54, 1.807) is 19.1 Å². The Balaban J connectivity index is 2.61. The van der Waals surface area contributed by atoms with Crippen LogP contribution in [0.4, 0.5) is 13.2 Å². The molecule has 0 aliphatic heterocycles. The average molecular weight is 278 g/mol. The Labute approximate surface area is 108 Å². The maximum Gasteiger partial charge on any atom is 0.389 e. The first-order chi connectivity index (χ1) is 8.29. The molecule has 0 unspecified atom stereocenters. The van der Waals surface area contributed by atoms with Gasteiger partial charge in [-0.2, -0.15) is 13.2 Å². The van der Waals surface area contributed by atoms with E-state index < -0.39 is 12.6 Å². The van der Waals surface area contributed by atoms with Crippen LogP contribution < -0.4 is 10.5 Å². The Morgan fingerprint density at radius 1 is 1.44 bits per heavy atom. The lowest BCUT2D eigenvalue weighted by Crippen LogP contribution is -2.15. The lowest BCUT2D eigenvalue weighted by molar-refractivity contribution is -0.136. The Morgan fingerprint density at radius 2 is 2.11 bits per heavy atom. The second kappa shape index (κ2) is 5.99. The molecule has 0 amide bonds.